The average Bonchev–Trinajstić information content (AvgIpc) is 3.67. The highest BCUT2D eigenvalue weighted by molar-refractivity contribution is 14.1. The van der Waals surface area contributed by atoms with Gasteiger partial charge >= 0.3 is 0 Å². The fraction of sp³-hybridized carbons (Fsp3) is 0.0385. The highest BCUT2D eigenvalue weighted by Gasteiger charge is 2.31. The van der Waals surface area contributed by atoms with Crippen LogP contribution in [0, 0.1) is 10.5 Å². The first-order chi connectivity index (χ1) is 28.6. The van der Waals surface area contributed by atoms with Gasteiger partial charge in [-0.3, -0.25) is 0 Å². The molecule has 0 atom stereocenters. The van der Waals surface area contributed by atoms with Crippen LogP contribution in [-0.4, -0.2) is 30.6 Å². The second-order valence-electron chi connectivity index (χ2n) is 15.4. The van der Waals surface area contributed by atoms with E-state index < -0.39 is 23.0 Å². The summed E-state index contributed by atoms with van der Waals surface area (Å²) in [5, 5.41) is 77.3. The molecule has 0 aliphatic heterocycles. The third-order valence-corrected chi connectivity index (χ3v) is 13.3. The summed E-state index contributed by atoms with van der Waals surface area (Å²) in [5.41, 5.74) is 8.73. The van der Waals surface area contributed by atoms with Gasteiger partial charge in [0.05, 0.1) is 0 Å². The first-order valence-corrected chi connectivity index (χ1v) is 20.3. The molecule has 0 unspecified atom stereocenters. The maximum atomic E-state index is 12.0. The normalized spacial score (nSPS) is 12.2. The van der Waals surface area contributed by atoms with Crippen LogP contribution in [0.4, 0.5) is 0 Å². The van der Waals surface area contributed by atoms with E-state index in [1.165, 1.54) is 39.9 Å². The van der Waals surface area contributed by atoms with E-state index >= 15 is 0 Å². The Hall–Kier alpha value is -6.97. The maximum Gasteiger partial charge on any atom is 0.175 e. The lowest BCUT2D eigenvalue weighted by atomic mass is 9.82. The number of aromatic hydroxyl groups is 6. The molecular weight excluding hydrogens is 847 g/mol. The summed E-state index contributed by atoms with van der Waals surface area (Å²) in [6, 6.07) is 44.8. The molecule has 1 aliphatic rings. The Balaban J connectivity index is 1.19. The van der Waals surface area contributed by atoms with Crippen molar-refractivity contribution >= 4 is 76.5 Å². The van der Waals surface area contributed by atoms with Crippen molar-refractivity contribution in [3.05, 3.63) is 154 Å². The van der Waals surface area contributed by atoms with E-state index in [9.17, 15) is 30.6 Å². The molecule has 284 valence electrons. The van der Waals surface area contributed by atoms with Gasteiger partial charge in [0.15, 0.2) is 23.0 Å². The van der Waals surface area contributed by atoms with Crippen LogP contribution in [-0.2, 0) is 6.42 Å². The third-order valence-electron chi connectivity index (χ3n) is 12.3. The quantitative estimate of drug-likeness (QED) is 0.0455. The predicted octanol–water partition coefficient (Wildman–Crippen LogP) is 13.2. The average molecular weight is 881 g/mol. The number of fused-ring (bicyclic) bond motifs is 10. The molecule has 0 heterocycles. The van der Waals surface area contributed by atoms with Crippen molar-refractivity contribution in [1.29, 1.82) is 0 Å². The van der Waals surface area contributed by atoms with Crippen molar-refractivity contribution in [2.45, 2.75) is 13.3 Å². The minimum absolute atomic E-state index is 0.0214. The lowest BCUT2D eigenvalue weighted by Crippen LogP contribution is -1.96. The summed E-state index contributed by atoms with van der Waals surface area (Å²) in [5.74, 6) is -2.67. The first kappa shape index (κ1) is 35.2. The highest BCUT2D eigenvalue weighted by Crippen LogP contribution is 2.59. The molecule has 10 aromatic rings. The first-order valence-electron chi connectivity index (χ1n) is 19.3. The molecular formula is C52H33IO6. The summed E-state index contributed by atoms with van der Waals surface area (Å²) in [7, 11) is 0. The van der Waals surface area contributed by atoms with Crippen molar-refractivity contribution < 1.29 is 30.6 Å². The molecule has 0 radical (unpaired) electrons. The number of phenols is 6. The van der Waals surface area contributed by atoms with Crippen molar-refractivity contribution in [3.8, 4) is 79.0 Å². The summed E-state index contributed by atoms with van der Waals surface area (Å²) < 4.78 is 0.0214. The lowest BCUT2D eigenvalue weighted by Gasteiger charge is -2.23. The molecule has 6 nitrogen and oxygen atoms in total. The fourth-order valence-corrected chi connectivity index (χ4v) is 10.1. The van der Waals surface area contributed by atoms with Gasteiger partial charge in [-0.2, -0.15) is 0 Å². The van der Waals surface area contributed by atoms with Gasteiger partial charge in [-0.15, -0.1) is 0 Å². The van der Waals surface area contributed by atoms with E-state index in [2.05, 4.69) is 60.7 Å². The van der Waals surface area contributed by atoms with Crippen LogP contribution in [0.25, 0.3) is 98.4 Å². The highest BCUT2D eigenvalue weighted by atomic mass is 127. The van der Waals surface area contributed by atoms with E-state index in [-0.39, 0.29) is 47.7 Å². The van der Waals surface area contributed by atoms with Gasteiger partial charge in [0.2, 0.25) is 0 Å². The van der Waals surface area contributed by atoms with Crippen molar-refractivity contribution in [2.24, 2.45) is 0 Å². The Labute approximate surface area is 351 Å². The van der Waals surface area contributed by atoms with E-state index in [1.54, 1.807) is 22.6 Å². The number of benzene rings is 10. The summed E-state index contributed by atoms with van der Waals surface area (Å²) in [6.45, 7) is 1.51. The van der Waals surface area contributed by atoms with Crippen LogP contribution >= 0.6 is 22.6 Å². The summed E-state index contributed by atoms with van der Waals surface area (Å²) in [4.78, 5) is 0. The number of hydrogen-bond donors (Lipinski definition) is 6. The van der Waals surface area contributed by atoms with Gasteiger partial charge in [0.1, 0.15) is 15.1 Å². The minimum atomic E-state index is -0.532. The number of phenolic OH excluding ortho intramolecular Hbond substituents is 6. The SMILES string of the molecule is Cc1c(O)c(O)c2c(-c3ccc(-c4cc5c(c6ccccc46)-c4c(ccc6ccccc46)C5)cc3)c3c(O)c(O)c(I)c(O)c3c(-c3ccc4ccccc4c3)c2c1O. The fourth-order valence-electron chi connectivity index (χ4n) is 9.55. The van der Waals surface area contributed by atoms with Gasteiger partial charge in [-0.05, 0) is 125 Å². The van der Waals surface area contributed by atoms with E-state index in [0.717, 1.165) is 39.1 Å². The lowest BCUT2D eigenvalue weighted by molar-refractivity contribution is 0.397. The summed E-state index contributed by atoms with van der Waals surface area (Å²) >= 11 is 1.79. The van der Waals surface area contributed by atoms with Crippen LogP contribution in [0.5, 0.6) is 34.5 Å². The van der Waals surface area contributed by atoms with Gasteiger partial charge in [0.25, 0.3) is 0 Å². The molecule has 7 heteroatoms. The van der Waals surface area contributed by atoms with Crippen molar-refractivity contribution in [2.75, 3.05) is 0 Å². The van der Waals surface area contributed by atoms with Crippen LogP contribution < -0.4 is 0 Å². The zero-order valence-electron chi connectivity index (χ0n) is 31.5. The van der Waals surface area contributed by atoms with E-state index in [4.69, 9.17) is 0 Å². The van der Waals surface area contributed by atoms with Crippen molar-refractivity contribution in [3.63, 3.8) is 0 Å². The topological polar surface area (TPSA) is 121 Å². The molecule has 0 saturated carbocycles. The van der Waals surface area contributed by atoms with Crippen LogP contribution in [0.2, 0.25) is 0 Å². The number of hydrogen-bond acceptors (Lipinski definition) is 6. The van der Waals surface area contributed by atoms with Gasteiger partial charge in [-0.25, -0.2) is 0 Å². The predicted molar refractivity (Wildman–Crippen MR) is 246 cm³/mol. The molecule has 0 amide bonds. The van der Waals surface area contributed by atoms with E-state index in [0.29, 0.717) is 16.7 Å². The molecule has 0 fully saturated rings. The second-order valence-corrected chi connectivity index (χ2v) is 16.5. The molecule has 6 N–H and O–H groups in total. The molecule has 11 rings (SSSR count). The molecule has 59 heavy (non-hydrogen) atoms. The Bertz CT molecular complexity index is 3420. The van der Waals surface area contributed by atoms with Crippen LogP contribution in [0.1, 0.15) is 16.7 Å². The van der Waals surface area contributed by atoms with Gasteiger partial charge in [0, 0.05) is 38.2 Å². The molecule has 0 saturated heterocycles. The largest absolute Gasteiger partial charge is 0.507 e. The number of halogens is 1. The smallest absolute Gasteiger partial charge is 0.175 e. The zero-order valence-corrected chi connectivity index (χ0v) is 33.6. The molecule has 0 bridgehead atoms. The zero-order chi connectivity index (χ0) is 40.4. The van der Waals surface area contributed by atoms with Gasteiger partial charge < -0.3 is 30.6 Å². The van der Waals surface area contributed by atoms with Gasteiger partial charge in [-0.1, -0.05) is 121 Å². The third kappa shape index (κ3) is 4.91. The maximum absolute atomic E-state index is 12.0. The molecule has 10 aromatic carbocycles. The Morgan fingerprint density at radius 2 is 0.915 bits per heavy atom. The summed E-state index contributed by atoms with van der Waals surface area (Å²) in [6.07, 6.45) is 0.809. The molecule has 0 spiro atoms. The Morgan fingerprint density at radius 3 is 1.66 bits per heavy atom. The van der Waals surface area contributed by atoms with Crippen LogP contribution in [0.3, 0.4) is 0 Å². The Kier molecular flexibility index (Phi) is 7.62. The Morgan fingerprint density at radius 1 is 0.390 bits per heavy atom. The van der Waals surface area contributed by atoms with E-state index in [1.807, 2.05) is 72.8 Å². The molecule has 0 aromatic heterocycles. The monoisotopic (exact) mass is 880 g/mol. The van der Waals surface area contributed by atoms with Crippen molar-refractivity contribution in [1.82, 2.24) is 0 Å². The minimum Gasteiger partial charge on any atom is -0.507 e. The molecule has 1 aliphatic carbocycles. The standard InChI is InChI=1S/C52H33IO6/c1-25-47(54)42-41(32-20-14-26-8-2-3-10-30(26)22-32)43-45(51(58)52(59)46(53)49(43)56)40(44(42)50(57)48(25)55)29-18-15-28(16-19-29)37-24-33-23-31-21-17-27-9-4-5-11-34(27)38(31)39(33)36-13-7-6-12-35(36)37/h2-22,24,54-59H,23H2,1H3. The number of rotatable bonds is 3. The second kappa shape index (κ2) is 12.8. The van der Waals surface area contributed by atoms with Crippen LogP contribution in [0.15, 0.2) is 133 Å².